The molecule has 10 heteroatoms. The van der Waals surface area contributed by atoms with Crippen LogP contribution in [-0.4, -0.2) is 0 Å². The summed E-state index contributed by atoms with van der Waals surface area (Å²) >= 11 is 0. The molecule has 10 heavy (non-hydrogen) atoms. The third kappa shape index (κ3) is 1070. The second-order valence-corrected chi connectivity index (χ2v) is 0.204. The van der Waals surface area contributed by atoms with Crippen molar-refractivity contribution in [2.75, 3.05) is 0 Å². The minimum Gasteiger partial charge on any atom is -0.734 e. The molecule has 0 saturated carbocycles. The fourth-order valence-electron chi connectivity index (χ4n) is 0. The van der Waals surface area contributed by atoms with Gasteiger partial charge in [-0.2, -0.15) is 0 Å². The van der Waals surface area contributed by atoms with Gasteiger partial charge in [0.2, 0.25) is 0 Å². The Morgan fingerprint density at radius 1 is 0.500 bits per heavy atom. The van der Waals surface area contributed by atoms with E-state index in [9.17, 15) is 0 Å². The monoisotopic (exact) mass is 382 g/mol. The molecule has 0 radical (unpaired) electrons. The van der Waals surface area contributed by atoms with E-state index in [1.807, 2.05) is 0 Å². The number of hydrogen-bond donors (Lipinski definition) is 0. The molecule has 0 spiro atoms. The predicted octanol–water partition coefficient (Wildman–Crippen LogP) is -7.34. The van der Waals surface area contributed by atoms with Crippen molar-refractivity contribution in [3.8, 4) is 0 Å². The Balaban J connectivity index is -0.0000000257. The minimum atomic E-state index is 0. The molecule has 9 nitrogen and oxygen atoms in total. The molecule has 0 aromatic heterocycles. The number of rotatable bonds is 0. The second kappa shape index (κ2) is 53.7. The molecular formula is O9U-6. The zero-order valence-electron chi connectivity index (χ0n) is 4.17. The van der Waals surface area contributed by atoms with Crippen LogP contribution < -0.4 is 31.5 Å². The van der Waals surface area contributed by atoms with E-state index in [4.69, 9.17) is 31.5 Å². The summed E-state index contributed by atoms with van der Waals surface area (Å²) in [6.07, 6.45) is 0. The summed E-state index contributed by atoms with van der Waals surface area (Å²) in [6.45, 7) is 0. The first-order valence-electron chi connectivity index (χ1n) is 1.00. The average molecular weight is 382 g/mol. The first-order chi connectivity index (χ1) is 4.24. The fourth-order valence-corrected chi connectivity index (χ4v) is 0. The summed E-state index contributed by atoms with van der Waals surface area (Å²) in [5.74, 6) is 0. The van der Waals surface area contributed by atoms with Gasteiger partial charge in [0.25, 0.3) is 0 Å². The molecule has 0 aliphatic heterocycles. The van der Waals surface area contributed by atoms with Crippen LogP contribution in [0.15, 0.2) is 0 Å². The van der Waals surface area contributed by atoms with Crippen molar-refractivity contribution in [2.24, 2.45) is 0 Å². The molecule has 0 aromatic rings. The van der Waals surface area contributed by atoms with E-state index < -0.39 is 0 Å². The van der Waals surface area contributed by atoms with Crippen LogP contribution in [0.3, 0.4) is 0 Å². The smallest absolute Gasteiger partial charge is 0 e. The first kappa shape index (κ1) is 22.4. The Kier molecular flexibility index (Phi) is 120. The molecule has 0 aliphatic rings. The summed E-state index contributed by atoms with van der Waals surface area (Å²) in [6, 6.07) is 0. The summed E-state index contributed by atoms with van der Waals surface area (Å²) < 4.78 is 0. The van der Waals surface area contributed by atoms with Gasteiger partial charge in [-0.3, -0.25) is 0 Å². The predicted molar refractivity (Wildman–Crippen MR) is 3.25 cm³/mol. The van der Waals surface area contributed by atoms with Crippen LogP contribution in [0.2, 0.25) is 0 Å². The fraction of sp³-hybridized carbons (Fsp3) is 0. The summed E-state index contributed by atoms with van der Waals surface area (Å²) in [7, 11) is 0. The molecule has 0 aromatic carbocycles. The van der Waals surface area contributed by atoms with Crippen molar-refractivity contribution in [1.82, 2.24) is 0 Å². The molecule has 0 amide bonds. The van der Waals surface area contributed by atoms with Gasteiger partial charge in [0.05, 0.1) is 0 Å². The van der Waals surface area contributed by atoms with Gasteiger partial charge in [-0.15, -0.1) is 0 Å². The Hall–Kier alpha value is 0.692. The molecule has 0 saturated heterocycles. The SMILES string of the molecule is [O-]O[O-].[O-]O[O-].[O-]O[O-].[U]. The third-order valence-corrected chi connectivity index (χ3v) is 0. The van der Waals surface area contributed by atoms with Gasteiger partial charge in [-0.1, -0.05) is 0 Å². The number of hydrogen-bond acceptors (Lipinski definition) is 9. The molecule has 64 valence electrons. The van der Waals surface area contributed by atoms with E-state index in [0.29, 0.717) is 0 Å². The van der Waals surface area contributed by atoms with Gasteiger partial charge in [-0.05, 0) is 0 Å². The average Bonchev–Trinajstić information content (AvgIpc) is 1.70. The van der Waals surface area contributed by atoms with Gasteiger partial charge in [0.1, 0.15) is 0 Å². The van der Waals surface area contributed by atoms with Crippen molar-refractivity contribution < 1.29 is 77.8 Å². The molecule has 0 fully saturated rings. The van der Waals surface area contributed by atoms with Crippen LogP contribution in [0, 0.1) is 31.1 Å². The molecule has 0 atom stereocenters. The maximum absolute atomic E-state index is 7.88. The van der Waals surface area contributed by atoms with Gasteiger partial charge < -0.3 is 46.7 Å². The zero-order valence-corrected chi connectivity index (χ0v) is 8.34. The van der Waals surface area contributed by atoms with Gasteiger partial charge in [0, 0.05) is 31.1 Å². The van der Waals surface area contributed by atoms with Crippen molar-refractivity contribution in [3.05, 3.63) is 0 Å². The maximum Gasteiger partial charge on any atom is 0 e. The van der Waals surface area contributed by atoms with Gasteiger partial charge >= 0.3 is 0 Å². The quantitative estimate of drug-likeness (QED) is 0.292. The topological polar surface area (TPSA) is 166 Å². The maximum atomic E-state index is 7.88. The standard InChI is InChI=1S/3H2O3.U/c3*1-3-2;/h3*1-2H;/p-6. The van der Waals surface area contributed by atoms with E-state index in [1.165, 1.54) is 0 Å². The van der Waals surface area contributed by atoms with Crippen molar-refractivity contribution in [1.29, 1.82) is 0 Å². The summed E-state index contributed by atoms with van der Waals surface area (Å²) in [4.78, 5) is 0. The van der Waals surface area contributed by atoms with Crippen molar-refractivity contribution >= 4 is 0 Å². The normalized spacial score (nSPS) is 5.40. The van der Waals surface area contributed by atoms with Crippen molar-refractivity contribution in [2.45, 2.75) is 0 Å². The first-order valence-corrected chi connectivity index (χ1v) is 1.00. The van der Waals surface area contributed by atoms with Gasteiger partial charge in [-0.25, -0.2) is 0 Å². The van der Waals surface area contributed by atoms with E-state index in [2.05, 4.69) is 0 Å². The molecule has 0 unspecified atom stereocenters. The Labute approximate surface area is 77.9 Å². The van der Waals surface area contributed by atoms with E-state index in [-0.39, 0.29) is 31.1 Å². The summed E-state index contributed by atoms with van der Waals surface area (Å²) in [5.41, 5.74) is 0. The molecule has 0 rings (SSSR count). The third-order valence-electron chi connectivity index (χ3n) is 0. The van der Waals surface area contributed by atoms with Crippen molar-refractivity contribution in [3.63, 3.8) is 0 Å². The Morgan fingerprint density at radius 2 is 0.500 bits per heavy atom. The second-order valence-electron chi connectivity index (χ2n) is 0.204. The molecule has 0 heterocycles. The molecule has 0 N–H and O–H groups in total. The van der Waals surface area contributed by atoms with Crippen LogP contribution >= 0.6 is 0 Å². The van der Waals surface area contributed by atoms with E-state index >= 15 is 0 Å². The zero-order chi connectivity index (χ0) is 8.12. The Morgan fingerprint density at radius 3 is 0.500 bits per heavy atom. The molecule has 0 bridgehead atoms. The van der Waals surface area contributed by atoms with E-state index in [1.54, 1.807) is 15.1 Å². The van der Waals surface area contributed by atoms with Crippen LogP contribution in [0.25, 0.3) is 0 Å². The minimum absolute atomic E-state index is 0. The summed E-state index contributed by atoms with van der Waals surface area (Å²) in [5, 5.41) is 52.5. The van der Waals surface area contributed by atoms with Crippen LogP contribution in [0.4, 0.5) is 0 Å². The Bertz CT molecular complexity index is 9.44. The van der Waals surface area contributed by atoms with Crippen LogP contribution in [0.5, 0.6) is 0 Å². The van der Waals surface area contributed by atoms with E-state index in [0.717, 1.165) is 0 Å². The van der Waals surface area contributed by atoms with Gasteiger partial charge in [0.15, 0.2) is 0 Å². The largest absolute Gasteiger partial charge is 0.734 e. The molecule has 0 aliphatic carbocycles. The van der Waals surface area contributed by atoms with Crippen LogP contribution in [0.1, 0.15) is 0 Å². The molecular weight excluding hydrogens is 382 g/mol. The van der Waals surface area contributed by atoms with Crippen LogP contribution in [-0.2, 0) is 15.1 Å².